The maximum absolute atomic E-state index is 13.7. The normalized spacial score (nSPS) is 12.0. The molecule has 2 aromatic rings. The van der Waals surface area contributed by atoms with Crippen LogP contribution < -0.4 is 10.6 Å². The van der Waals surface area contributed by atoms with Crippen LogP contribution in [0.4, 0.5) is 15.8 Å². The van der Waals surface area contributed by atoms with Crippen molar-refractivity contribution in [2.24, 2.45) is 0 Å². The lowest BCUT2D eigenvalue weighted by molar-refractivity contribution is -0.116. The molecule has 0 saturated heterocycles. The smallest absolute Gasteiger partial charge is 0.246 e. The predicted octanol–water partition coefficient (Wildman–Crippen LogP) is 2.79. The third-order valence-electron chi connectivity index (χ3n) is 3.12. The van der Waals surface area contributed by atoms with Crippen molar-refractivity contribution in [3.63, 3.8) is 0 Å². The molecule has 1 amide bonds. The number of nitrogens with one attached hydrogen (secondary N) is 2. The fourth-order valence-corrected chi connectivity index (χ4v) is 1.89. The molecule has 0 fully saturated rings. The second-order valence-electron chi connectivity index (χ2n) is 4.92. The lowest BCUT2D eigenvalue weighted by atomic mass is 10.2. The number of halogens is 1. The van der Waals surface area contributed by atoms with Gasteiger partial charge in [0.05, 0.1) is 17.6 Å². The van der Waals surface area contributed by atoms with E-state index in [0.717, 1.165) is 17.8 Å². The van der Waals surface area contributed by atoms with Gasteiger partial charge in [-0.3, -0.25) is 9.48 Å². The van der Waals surface area contributed by atoms with Gasteiger partial charge < -0.3 is 10.6 Å². The molecule has 2 rings (SSSR count). The highest BCUT2D eigenvalue weighted by molar-refractivity contribution is 5.96. The van der Waals surface area contributed by atoms with E-state index in [1.54, 1.807) is 36.9 Å². The van der Waals surface area contributed by atoms with E-state index in [2.05, 4.69) is 15.7 Å². The van der Waals surface area contributed by atoms with Crippen LogP contribution in [0.2, 0.25) is 0 Å². The van der Waals surface area contributed by atoms with Crippen molar-refractivity contribution in [1.29, 1.82) is 0 Å². The molecule has 2 N–H and O–H groups in total. The Kier molecular flexibility index (Phi) is 4.57. The third kappa shape index (κ3) is 3.81. The Bertz CT molecular complexity index is 638. The van der Waals surface area contributed by atoms with Crippen LogP contribution in [0.25, 0.3) is 0 Å². The van der Waals surface area contributed by atoms with E-state index in [9.17, 15) is 9.18 Å². The second-order valence-corrected chi connectivity index (χ2v) is 4.92. The molecule has 0 spiro atoms. The van der Waals surface area contributed by atoms with E-state index in [4.69, 9.17) is 0 Å². The van der Waals surface area contributed by atoms with E-state index < -0.39 is 11.9 Å². The number of anilines is 2. The molecule has 1 aromatic heterocycles. The number of hydrogen-bond donors (Lipinski definition) is 2. The Morgan fingerprint density at radius 1 is 1.48 bits per heavy atom. The quantitative estimate of drug-likeness (QED) is 0.890. The fourth-order valence-electron chi connectivity index (χ4n) is 1.89. The van der Waals surface area contributed by atoms with E-state index in [1.807, 2.05) is 13.1 Å². The van der Waals surface area contributed by atoms with Crippen LogP contribution in [0.5, 0.6) is 0 Å². The van der Waals surface area contributed by atoms with Gasteiger partial charge in [-0.2, -0.15) is 5.10 Å². The Morgan fingerprint density at radius 3 is 2.86 bits per heavy atom. The highest BCUT2D eigenvalue weighted by Crippen LogP contribution is 2.16. The highest BCUT2D eigenvalue weighted by Gasteiger charge is 2.15. The summed E-state index contributed by atoms with van der Waals surface area (Å²) in [5.41, 5.74) is 1.75. The minimum absolute atomic E-state index is 0.184. The fraction of sp³-hybridized carbons (Fsp3) is 0.333. The number of carbonyl (C=O) groups excluding carboxylic acids is 1. The van der Waals surface area contributed by atoms with Gasteiger partial charge in [0, 0.05) is 12.7 Å². The molecule has 0 saturated carbocycles. The van der Waals surface area contributed by atoms with Crippen LogP contribution in [0.1, 0.15) is 19.4 Å². The van der Waals surface area contributed by atoms with Gasteiger partial charge in [0.25, 0.3) is 0 Å². The summed E-state index contributed by atoms with van der Waals surface area (Å²) in [4.78, 5) is 12.1. The largest absolute Gasteiger partial charge is 0.371 e. The summed E-state index contributed by atoms with van der Waals surface area (Å²) < 4.78 is 15.5. The van der Waals surface area contributed by atoms with E-state index in [1.165, 1.54) is 6.07 Å². The summed E-state index contributed by atoms with van der Waals surface area (Å²) in [6.45, 7) is 6.25. The topological polar surface area (TPSA) is 59.0 Å². The minimum Gasteiger partial charge on any atom is -0.371 e. The van der Waals surface area contributed by atoms with Crippen molar-refractivity contribution in [3.05, 3.63) is 42.0 Å². The zero-order valence-corrected chi connectivity index (χ0v) is 12.4. The first-order valence-corrected chi connectivity index (χ1v) is 6.85. The van der Waals surface area contributed by atoms with Gasteiger partial charge in [-0.15, -0.1) is 0 Å². The highest BCUT2D eigenvalue weighted by atomic mass is 19.1. The van der Waals surface area contributed by atoms with Crippen LogP contribution in [0.3, 0.4) is 0 Å². The summed E-state index contributed by atoms with van der Waals surface area (Å²) in [5, 5.41) is 9.72. The molecular weight excluding hydrogens is 271 g/mol. The number of benzene rings is 1. The molecule has 112 valence electrons. The standard InChI is InChI=1S/C15H19FN4O/c1-4-20-9-12(8-17-20)18-11(3)15(21)19-14-6-5-10(2)7-13(14)16/h5-9,11,18H,4H2,1-3H3,(H,19,21)/t11-/m0/s1. The zero-order chi connectivity index (χ0) is 15.4. The van der Waals surface area contributed by atoms with Crippen molar-refractivity contribution in [1.82, 2.24) is 9.78 Å². The Labute approximate surface area is 123 Å². The molecule has 6 heteroatoms. The molecule has 0 aliphatic heterocycles. The summed E-state index contributed by atoms with van der Waals surface area (Å²) in [7, 11) is 0. The molecule has 5 nitrogen and oxygen atoms in total. The zero-order valence-electron chi connectivity index (χ0n) is 12.4. The van der Waals surface area contributed by atoms with E-state index in [0.29, 0.717) is 0 Å². The number of aromatic nitrogens is 2. The third-order valence-corrected chi connectivity index (χ3v) is 3.12. The maximum Gasteiger partial charge on any atom is 0.246 e. The number of nitrogens with zero attached hydrogens (tertiary/aromatic N) is 2. The number of rotatable bonds is 5. The average molecular weight is 290 g/mol. The summed E-state index contributed by atoms with van der Waals surface area (Å²) in [5.74, 6) is -0.739. The van der Waals surface area contributed by atoms with Crippen molar-refractivity contribution in [2.75, 3.05) is 10.6 Å². The van der Waals surface area contributed by atoms with Crippen LogP contribution >= 0.6 is 0 Å². The maximum atomic E-state index is 13.7. The van der Waals surface area contributed by atoms with Crippen LogP contribution in [-0.4, -0.2) is 21.7 Å². The number of carbonyl (C=O) groups is 1. The van der Waals surface area contributed by atoms with Gasteiger partial charge in [-0.1, -0.05) is 6.07 Å². The molecular formula is C15H19FN4O. The molecule has 0 aliphatic carbocycles. The lowest BCUT2D eigenvalue weighted by Gasteiger charge is -2.14. The molecule has 1 aromatic carbocycles. The molecule has 0 radical (unpaired) electrons. The first-order valence-electron chi connectivity index (χ1n) is 6.85. The monoisotopic (exact) mass is 290 g/mol. The average Bonchev–Trinajstić information content (AvgIpc) is 2.89. The van der Waals surface area contributed by atoms with Gasteiger partial charge in [0.2, 0.25) is 5.91 Å². The second kappa shape index (κ2) is 6.39. The Balaban J connectivity index is 1.99. The Hall–Kier alpha value is -2.37. The van der Waals surface area contributed by atoms with Gasteiger partial charge in [0.1, 0.15) is 11.9 Å². The molecule has 1 atom stereocenters. The summed E-state index contributed by atoms with van der Waals surface area (Å²) >= 11 is 0. The van der Waals surface area contributed by atoms with Crippen LogP contribution in [0, 0.1) is 12.7 Å². The van der Waals surface area contributed by atoms with E-state index in [-0.39, 0.29) is 11.6 Å². The van der Waals surface area contributed by atoms with Crippen molar-refractivity contribution in [3.8, 4) is 0 Å². The molecule has 1 heterocycles. The van der Waals surface area contributed by atoms with Crippen molar-refractivity contribution >= 4 is 17.3 Å². The van der Waals surface area contributed by atoms with Crippen molar-refractivity contribution < 1.29 is 9.18 Å². The lowest BCUT2D eigenvalue weighted by Crippen LogP contribution is -2.32. The van der Waals surface area contributed by atoms with Gasteiger partial charge in [-0.05, 0) is 38.5 Å². The molecule has 0 aliphatic rings. The van der Waals surface area contributed by atoms with Gasteiger partial charge in [-0.25, -0.2) is 4.39 Å². The number of amides is 1. The summed E-state index contributed by atoms with van der Waals surface area (Å²) in [6, 6.07) is 4.20. The van der Waals surface area contributed by atoms with Gasteiger partial charge in [0.15, 0.2) is 0 Å². The van der Waals surface area contributed by atoms with Crippen LogP contribution in [-0.2, 0) is 11.3 Å². The van der Waals surface area contributed by atoms with Crippen molar-refractivity contribution in [2.45, 2.75) is 33.4 Å². The minimum atomic E-state index is -0.500. The molecule has 0 unspecified atom stereocenters. The molecule has 0 bridgehead atoms. The SMILES string of the molecule is CCn1cc(N[C@@H](C)C(=O)Nc2ccc(C)cc2F)cn1. The van der Waals surface area contributed by atoms with Crippen LogP contribution in [0.15, 0.2) is 30.6 Å². The first-order chi connectivity index (χ1) is 9.99. The molecule has 21 heavy (non-hydrogen) atoms. The van der Waals surface area contributed by atoms with Gasteiger partial charge >= 0.3 is 0 Å². The van der Waals surface area contributed by atoms with E-state index >= 15 is 0 Å². The number of aryl methyl sites for hydroxylation is 2. The number of hydrogen-bond acceptors (Lipinski definition) is 3. The Morgan fingerprint density at radius 2 is 2.24 bits per heavy atom. The summed E-state index contributed by atoms with van der Waals surface area (Å²) in [6.07, 6.45) is 3.47. The first kappa shape index (κ1) is 15.0. The predicted molar refractivity (Wildman–Crippen MR) is 80.8 cm³/mol.